The molecule has 0 atom stereocenters. The van der Waals surface area contributed by atoms with Crippen molar-refractivity contribution in [3.8, 4) is 17.2 Å². The number of anilines is 1. The van der Waals surface area contributed by atoms with Crippen LogP contribution < -0.4 is 5.32 Å². The van der Waals surface area contributed by atoms with Crippen molar-refractivity contribution in [2.75, 3.05) is 5.32 Å². The van der Waals surface area contributed by atoms with Crippen molar-refractivity contribution in [2.24, 2.45) is 0 Å². The number of nitrogens with zero attached hydrogens (tertiary/aromatic N) is 1. The summed E-state index contributed by atoms with van der Waals surface area (Å²) in [6, 6.07) is 14.2. The summed E-state index contributed by atoms with van der Waals surface area (Å²) in [6.07, 6.45) is -0.321. The van der Waals surface area contributed by atoms with Gasteiger partial charge in [0.1, 0.15) is 6.42 Å². The summed E-state index contributed by atoms with van der Waals surface area (Å²) < 4.78 is 0. The number of carboxylic acid groups (broad SMARTS) is 1. The van der Waals surface area contributed by atoms with E-state index < -0.39 is 11.9 Å². The van der Waals surface area contributed by atoms with E-state index in [0.717, 1.165) is 16.7 Å². The quantitative estimate of drug-likeness (QED) is 0.905. The van der Waals surface area contributed by atoms with Gasteiger partial charge < -0.3 is 10.4 Å². The maximum Gasteiger partial charge on any atom is 0.337 e. The highest BCUT2D eigenvalue weighted by atomic mass is 16.4. The molecule has 1 amide bonds. The van der Waals surface area contributed by atoms with Crippen molar-refractivity contribution in [1.82, 2.24) is 0 Å². The van der Waals surface area contributed by atoms with Crippen LogP contribution in [0.3, 0.4) is 0 Å². The smallest absolute Gasteiger partial charge is 0.337 e. The fraction of sp³-hybridized carbons (Fsp3) is 0.118. The van der Waals surface area contributed by atoms with Gasteiger partial charge in [0.05, 0.1) is 17.3 Å². The largest absolute Gasteiger partial charge is 0.478 e. The van der Waals surface area contributed by atoms with Crippen LogP contribution in [0.4, 0.5) is 5.69 Å². The van der Waals surface area contributed by atoms with E-state index in [9.17, 15) is 14.7 Å². The van der Waals surface area contributed by atoms with Crippen LogP contribution in [0.1, 0.15) is 22.3 Å². The van der Waals surface area contributed by atoms with Gasteiger partial charge in [-0.3, -0.25) is 4.79 Å². The number of hydrogen-bond donors (Lipinski definition) is 2. The number of rotatable bonds is 4. The average molecular weight is 294 g/mol. The highest BCUT2D eigenvalue weighted by molar-refractivity contribution is 6.02. The second-order valence-corrected chi connectivity index (χ2v) is 4.81. The molecule has 5 nitrogen and oxygen atoms in total. The lowest BCUT2D eigenvalue weighted by molar-refractivity contribution is -0.115. The summed E-state index contributed by atoms with van der Waals surface area (Å²) >= 11 is 0. The van der Waals surface area contributed by atoms with E-state index in [0.29, 0.717) is 0 Å². The Morgan fingerprint density at radius 3 is 2.36 bits per heavy atom. The number of aromatic carboxylic acids is 1. The monoisotopic (exact) mass is 294 g/mol. The van der Waals surface area contributed by atoms with E-state index in [4.69, 9.17) is 5.26 Å². The molecule has 2 aromatic carbocycles. The minimum Gasteiger partial charge on any atom is -0.478 e. The standard InChI is InChI=1S/C17H14N2O3/c1-11-2-4-12(5-3-11)13-6-7-15(14(10-13)17(21)22)19-16(20)8-9-18/h2-7,10H,8H2,1H3,(H,19,20)(H,21,22). The van der Waals surface area contributed by atoms with Gasteiger partial charge in [-0.25, -0.2) is 4.79 Å². The topological polar surface area (TPSA) is 90.2 Å². The van der Waals surface area contributed by atoms with E-state index in [1.807, 2.05) is 31.2 Å². The first-order valence-corrected chi connectivity index (χ1v) is 6.62. The number of benzene rings is 2. The maximum absolute atomic E-state index is 11.5. The molecule has 0 heterocycles. The zero-order chi connectivity index (χ0) is 16.1. The van der Waals surface area contributed by atoms with E-state index in [-0.39, 0.29) is 17.7 Å². The Labute approximate surface area is 127 Å². The highest BCUT2D eigenvalue weighted by Crippen LogP contribution is 2.26. The molecule has 0 aliphatic carbocycles. The summed E-state index contributed by atoms with van der Waals surface area (Å²) in [5, 5.41) is 20.2. The van der Waals surface area contributed by atoms with Crippen LogP contribution in [0, 0.1) is 18.3 Å². The minimum atomic E-state index is -1.14. The van der Waals surface area contributed by atoms with Crippen LogP contribution in [0.25, 0.3) is 11.1 Å². The molecule has 22 heavy (non-hydrogen) atoms. The molecule has 0 fully saturated rings. The first kappa shape index (κ1) is 15.3. The number of carbonyl (C=O) groups is 2. The van der Waals surface area contributed by atoms with Gasteiger partial charge in [-0.05, 0) is 30.2 Å². The van der Waals surface area contributed by atoms with Crippen molar-refractivity contribution in [3.63, 3.8) is 0 Å². The Bertz CT molecular complexity index is 758. The van der Waals surface area contributed by atoms with Crippen LogP contribution in [0.15, 0.2) is 42.5 Å². The Hall–Kier alpha value is -3.13. The number of carbonyl (C=O) groups excluding carboxylic acids is 1. The van der Waals surface area contributed by atoms with Crippen LogP contribution >= 0.6 is 0 Å². The van der Waals surface area contributed by atoms with Crippen LogP contribution in [-0.4, -0.2) is 17.0 Å². The molecule has 0 aliphatic heterocycles. The van der Waals surface area contributed by atoms with Crippen LogP contribution in [-0.2, 0) is 4.79 Å². The fourth-order valence-electron chi connectivity index (χ4n) is 2.02. The lowest BCUT2D eigenvalue weighted by Crippen LogP contribution is -2.13. The number of aryl methyl sites for hydroxylation is 1. The fourth-order valence-corrected chi connectivity index (χ4v) is 2.02. The SMILES string of the molecule is Cc1ccc(-c2ccc(NC(=O)CC#N)c(C(=O)O)c2)cc1. The minimum absolute atomic E-state index is 0.00985. The molecule has 2 aromatic rings. The van der Waals surface area contributed by atoms with Gasteiger partial charge in [0.15, 0.2) is 0 Å². The first-order valence-electron chi connectivity index (χ1n) is 6.62. The first-order chi connectivity index (χ1) is 10.5. The molecule has 0 radical (unpaired) electrons. The molecule has 2 N–H and O–H groups in total. The summed E-state index contributed by atoms with van der Waals surface area (Å²) in [7, 11) is 0. The van der Waals surface area contributed by atoms with Gasteiger partial charge in [0, 0.05) is 0 Å². The van der Waals surface area contributed by atoms with Crippen molar-refractivity contribution >= 4 is 17.6 Å². The van der Waals surface area contributed by atoms with Crippen molar-refractivity contribution in [2.45, 2.75) is 13.3 Å². The summed E-state index contributed by atoms with van der Waals surface area (Å²) in [5.74, 6) is -1.67. The van der Waals surface area contributed by atoms with Gasteiger partial charge >= 0.3 is 5.97 Å². The number of nitriles is 1. The zero-order valence-corrected chi connectivity index (χ0v) is 12.0. The molecule has 0 spiro atoms. The zero-order valence-electron chi connectivity index (χ0n) is 12.0. The summed E-state index contributed by atoms with van der Waals surface area (Å²) in [5.41, 5.74) is 2.93. The van der Waals surface area contributed by atoms with E-state index >= 15 is 0 Å². The molecule has 5 heteroatoms. The molecule has 2 rings (SSSR count). The van der Waals surface area contributed by atoms with Gasteiger partial charge in [-0.1, -0.05) is 35.9 Å². The second kappa shape index (κ2) is 6.55. The molecular formula is C17H14N2O3. The highest BCUT2D eigenvalue weighted by Gasteiger charge is 2.14. The number of amides is 1. The maximum atomic E-state index is 11.5. The van der Waals surface area contributed by atoms with Gasteiger partial charge in [-0.15, -0.1) is 0 Å². The molecule has 0 saturated carbocycles. The van der Waals surface area contributed by atoms with E-state index in [2.05, 4.69) is 5.32 Å². The Morgan fingerprint density at radius 2 is 1.77 bits per heavy atom. The third kappa shape index (κ3) is 3.49. The Morgan fingerprint density at radius 1 is 1.14 bits per heavy atom. The van der Waals surface area contributed by atoms with Crippen molar-refractivity contribution in [3.05, 3.63) is 53.6 Å². The lowest BCUT2D eigenvalue weighted by Gasteiger charge is -2.10. The molecule has 0 bridgehead atoms. The lowest BCUT2D eigenvalue weighted by atomic mass is 10.0. The van der Waals surface area contributed by atoms with Crippen molar-refractivity contribution < 1.29 is 14.7 Å². The van der Waals surface area contributed by atoms with Crippen LogP contribution in [0.2, 0.25) is 0 Å². The summed E-state index contributed by atoms with van der Waals surface area (Å²) in [4.78, 5) is 22.8. The van der Waals surface area contributed by atoms with Crippen LogP contribution in [0.5, 0.6) is 0 Å². The third-order valence-corrected chi connectivity index (χ3v) is 3.15. The number of carboxylic acids is 1. The third-order valence-electron chi connectivity index (χ3n) is 3.15. The molecular weight excluding hydrogens is 280 g/mol. The predicted molar refractivity (Wildman–Crippen MR) is 82.4 cm³/mol. The summed E-state index contributed by atoms with van der Waals surface area (Å²) in [6.45, 7) is 1.97. The Kier molecular flexibility index (Phi) is 4.54. The van der Waals surface area contributed by atoms with E-state index in [1.165, 1.54) is 12.1 Å². The molecule has 0 saturated heterocycles. The van der Waals surface area contributed by atoms with E-state index in [1.54, 1.807) is 12.1 Å². The second-order valence-electron chi connectivity index (χ2n) is 4.81. The van der Waals surface area contributed by atoms with Gasteiger partial charge in [0.25, 0.3) is 0 Å². The average Bonchev–Trinajstić information content (AvgIpc) is 2.48. The van der Waals surface area contributed by atoms with Gasteiger partial charge in [-0.2, -0.15) is 5.26 Å². The molecule has 0 unspecified atom stereocenters. The Balaban J connectivity index is 2.39. The normalized spacial score (nSPS) is 9.82. The number of nitrogens with one attached hydrogen (secondary N) is 1. The molecule has 110 valence electrons. The van der Waals surface area contributed by atoms with Gasteiger partial charge in [0.2, 0.25) is 5.91 Å². The molecule has 0 aromatic heterocycles. The molecule has 0 aliphatic rings. The number of hydrogen-bond acceptors (Lipinski definition) is 3. The predicted octanol–water partition coefficient (Wildman–Crippen LogP) is 3.21. The van der Waals surface area contributed by atoms with Crippen molar-refractivity contribution in [1.29, 1.82) is 5.26 Å².